The molecule has 0 radical (unpaired) electrons. The van der Waals surface area contributed by atoms with Crippen LogP contribution in [0.2, 0.25) is 5.15 Å². The van der Waals surface area contributed by atoms with Gasteiger partial charge in [0.15, 0.2) is 0 Å². The van der Waals surface area contributed by atoms with Crippen molar-refractivity contribution in [1.82, 2.24) is 9.97 Å². The Morgan fingerprint density at radius 3 is 2.88 bits per heavy atom. The van der Waals surface area contributed by atoms with Crippen molar-refractivity contribution >= 4 is 33.2 Å². The van der Waals surface area contributed by atoms with Crippen LogP contribution < -0.4 is 0 Å². The normalized spacial score (nSPS) is 11.2. The van der Waals surface area contributed by atoms with Crippen molar-refractivity contribution in [2.24, 2.45) is 0 Å². The minimum atomic E-state index is 0.553. The summed E-state index contributed by atoms with van der Waals surface area (Å²) in [4.78, 5) is 11.1. The maximum absolute atomic E-state index is 6.16. The number of aromatic nitrogens is 2. The first-order valence-electron chi connectivity index (χ1n) is 5.77. The van der Waals surface area contributed by atoms with Crippen molar-refractivity contribution in [1.29, 1.82) is 0 Å². The Hall–Kier alpha value is -0.710. The van der Waals surface area contributed by atoms with Crippen molar-refractivity contribution in [3.05, 3.63) is 21.9 Å². The molecule has 0 saturated heterocycles. The highest BCUT2D eigenvalue weighted by Crippen LogP contribution is 2.29. The van der Waals surface area contributed by atoms with Gasteiger partial charge in [-0.2, -0.15) is 0 Å². The molecule has 2 heterocycles. The fourth-order valence-electron chi connectivity index (χ4n) is 1.57. The molecule has 0 spiro atoms. The molecular formula is C12H15ClN2OS. The highest BCUT2D eigenvalue weighted by atomic mass is 35.5. The minimum Gasteiger partial charge on any atom is -0.381 e. The summed E-state index contributed by atoms with van der Waals surface area (Å²) in [5, 5.41) is 1.52. The number of thiophene rings is 1. The highest BCUT2D eigenvalue weighted by Gasteiger charge is 2.09. The molecule has 0 aromatic carbocycles. The number of fused-ring (bicyclic) bond motifs is 1. The predicted molar refractivity (Wildman–Crippen MR) is 72.0 cm³/mol. The van der Waals surface area contributed by atoms with E-state index < -0.39 is 0 Å². The fraction of sp³-hybridized carbons (Fsp3) is 0.500. The smallest absolute Gasteiger partial charge is 0.141 e. The third-order valence-corrected chi connectivity index (χ3v) is 3.93. The molecule has 0 aliphatic heterocycles. The molecule has 2 rings (SSSR count). The van der Waals surface area contributed by atoms with Gasteiger partial charge in [0.25, 0.3) is 0 Å². The van der Waals surface area contributed by atoms with Crippen LogP contribution in [0.15, 0.2) is 6.07 Å². The van der Waals surface area contributed by atoms with Gasteiger partial charge in [0.1, 0.15) is 15.8 Å². The van der Waals surface area contributed by atoms with Gasteiger partial charge in [-0.3, -0.25) is 0 Å². The van der Waals surface area contributed by atoms with Crippen LogP contribution >= 0.6 is 22.9 Å². The molecule has 17 heavy (non-hydrogen) atoms. The van der Waals surface area contributed by atoms with E-state index in [-0.39, 0.29) is 0 Å². The molecule has 2 aromatic heterocycles. The van der Waals surface area contributed by atoms with Crippen LogP contribution in [-0.4, -0.2) is 23.2 Å². The van der Waals surface area contributed by atoms with Crippen LogP contribution in [-0.2, 0) is 17.6 Å². The molecule has 0 aliphatic carbocycles. The number of ether oxygens (including phenoxy) is 1. The van der Waals surface area contributed by atoms with Crippen LogP contribution in [0.3, 0.4) is 0 Å². The lowest BCUT2D eigenvalue weighted by atomic mass is 10.3. The molecule has 0 aliphatic rings. The molecule has 0 bridgehead atoms. The number of hydrogen-bond donors (Lipinski definition) is 0. The zero-order valence-corrected chi connectivity index (χ0v) is 11.6. The zero-order valence-electron chi connectivity index (χ0n) is 9.99. The standard InChI is InChI=1S/C12H15ClN2OS/c1-3-8-7-9-11(13)14-10(5-6-16-4-2)15-12(9)17-8/h7H,3-6H2,1-2H3. The van der Waals surface area contributed by atoms with Crippen LogP contribution in [0.5, 0.6) is 0 Å². The summed E-state index contributed by atoms with van der Waals surface area (Å²) in [7, 11) is 0. The number of hydrogen-bond acceptors (Lipinski definition) is 4. The molecule has 92 valence electrons. The SMILES string of the molecule is CCOCCc1nc(Cl)c2cc(CC)sc2n1. The summed E-state index contributed by atoms with van der Waals surface area (Å²) in [6.07, 6.45) is 1.72. The number of rotatable bonds is 5. The molecule has 0 N–H and O–H groups in total. The third kappa shape index (κ3) is 2.94. The Morgan fingerprint density at radius 2 is 2.18 bits per heavy atom. The number of halogens is 1. The molecule has 0 amide bonds. The van der Waals surface area contributed by atoms with Crippen molar-refractivity contribution in [3.8, 4) is 0 Å². The van der Waals surface area contributed by atoms with Gasteiger partial charge in [0.2, 0.25) is 0 Å². The van der Waals surface area contributed by atoms with Crippen LogP contribution in [0.1, 0.15) is 24.5 Å². The van der Waals surface area contributed by atoms with Gasteiger partial charge in [-0.25, -0.2) is 9.97 Å². The van der Waals surface area contributed by atoms with Crippen LogP contribution in [0.4, 0.5) is 0 Å². The van der Waals surface area contributed by atoms with Crippen molar-refractivity contribution in [2.75, 3.05) is 13.2 Å². The molecule has 3 nitrogen and oxygen atoms in total. The first-order valence-corrected chi connectivity index (χ1v) is 6.96. The van der Waals surface area contributed by atoms with E-state index in [1.54, 1.807) is 11.3 Å². The Morgan fingerprint density at radius 1 is 1.35 bits per heavy atom. The van der Waals surface area contributed by atoms with Gasteiger partial charge in [-0.1, -0.05) is 18.5 Å². The Kier molecular flexibility index (Phi) is 4.31. The van der Waals surface area contributed by atoms with Gasteiger partial charge in [0, 0.05) is 23.3 Å². The molecule has 0 unspecified atom stereocenters. The van der Waals surface area contributed by atoms with Gasteiger partial charge >= 0.3 is 0 Å². The predicted octanol–water partition coefficient (Wildman–Crippen LogP) is 3.49. The van der Waals surface area contributed by atoms with E-state index in [2.05, 4.69) is 23.0 Å². The van der Waals surface area contributed by atoms with Crippen molar-refractivity contribution in [2.45, 2.75) is 26.7 Å². The average molecular weight is 271 g/mol. The molecule has 0 fully saturated rings. The van der Waals surface area contributed by atoms with Gasteiger partial charge in [-0.05, 0) is 19.4 Å². The lowest BCUT2D eigenvalue weighted by Gasteiger charge is -2.01. The van der Waals surface area contributed by atoms with Gasteiger partial charge in [0.05, 0.1) is 6.61 Å². The van der Waals surface area contributed by atoms with E-state index in [1.165, 1.54) is 4.88 Å². The van der Waals surface area contributed by atoms with Crippen LogP contribution in [0.25, 0.3) is 10.2 Å². The fourth-order valence-corrected chi connectivity index (χ4v) is 2.86. The Bertz CT molecular complexity index is 512. The summed E-state index contributed by atoms with van der Waals surface area (Å²) >= 11 is 7.85. The number of aryl methyl sites for hydroxylation is 1. The molecule has 2 aromatic rings. The molecule has 5 heteroatoms. The Labute approximate surface area is 110 Å². The lowest BCUT2D eigenvalue weighted by molar-refractivity contribution is 0.149. The van der Waals surface area contributed by atoms with Crippen LogP contribution in [0, 0.1) is 0 Å². The average Bonchev–Trinajstić information content (AvgIpc) is 2.73. The molecule has 0 saturated carbocycles. The Balaban J connectivity index is 2.27. The quantitative estimate of drug-likeness (QED) is 0.616. The first-order chi connectivity index (χ1) is 8.24. The lowest BCUT2D eigenvalue weighted by Crippen LogP contribution is -2.02. The zero-order chi connectivity index (χ0) is 12.3. The van der Waals surface area contributed by atoms with E-state index in [9.17, 15) is 0 Å². The van der Waals surface area contributed by atoms with Crippen molar-refractivity contribution < 1.29 is 4.74 Å². The number of nitrogens with zero attached hydrogens (tertiary/aromatic N) is 2. The summed E-state index contributed by atoms with van der Waals surface area (Å²) in [5.74, 6) is 0.764. The van der Waals surface area contributed by atoms with Gasteiger partial charge in [-0.15, -0.1) is 11.3 Å². The first kappa shape index (κ1) is 12.7. The van der Waals surface area contributed by atoms with E-state index in [0.717, 1.165) is 29.1 Å². The summed E-state index contributed by atoms with van der Waals surface area (Å²) in [5.41, 5.74) is 0. The summed E-state index contributed by atoms with van der Waals surface area (Å²) in [6.45, 7) is 5.46. The topological polar surface area (TPSA) is 35.0 Å². The van der Waals surface area contributed by atoms with E-state index >= 15 is 0 Å². The second-order valence-corrected chi connectivity index (χ2v) is 5.14. The minimum absolute atomic E-state index is 0.553. The van der Waals surface area contributed by atoms with Crippen molar-refractivity contribution in [3.63, 3.8) is 0 Å². The highest BCUT2D eigenvalue weighted by molar-refractivity contribution is 7.18. The van der Waals surface area contributed by atoms with E-state index in [0.29, 0.717) is 18.2 Å². The molecule has 0 atom stereocenters. The van der Waals surface area contributed by atoms with E-state index in [1.807, 2.05) is 6.92 Å². The maximum atomic E-state index is 6.16. The summed E-state index contributed by atoms with van der Waals surface area (Å²) < 4.78 is 5.30. The monoisotopic (exact) mass is 270 g/mol. The van der Waals surface area contributed by atoms with Gasteiger partial charge < -0.3 is 4.74 Å². The van der Waals surface area contributed by atoms with E-state index in [4.69, 9.17) is 16.3 Å². The summed E-state index contributed by atoms with van der Waals surface area (Å²) in [6, 6.07) is 2.08. The molecular weight excluding hydrogens is 256 g/mol. The third-order valence-electron chi connectivity index (χ3n) is 2.47. The maximum Gasteiger partial charge on any atom is 0.141 e. The second kappa shape index (κ2) is 5.76. The largest absolute Gasteiger partial charge is 0.381 e. The second-order valence-electron chi connectivity index (χ2n) is 3.66.